The number of carbonyl (C=O) groups is 2. The van der Waals surface area contributed by atoms with E-state index < -0.39 is 0 Å². The Labute approximate surface area is 112 Å². The third kappa shape index (κ3) is 2.16. The topological polar surface area (TPSA) is 49.4 Å². The highest BCUT2D eigenvalue weighted by Crippen LogP contribution is 2.35. The number of rotatable bonds is 1. The Morgan fingerprint density at radius 2 is 2.05 bits per heavy atom. The number of benzene rings is 1. The summed E-state index contributed by atoms with van der Waals surface area (Å²) >= 11 is 0. The van der Waals surface area contributed by atoms with Crippen LogP contribution in [0.3, 0.4) is 0 Å². The average Bonchev–Trinajstić information content (AvgIpc) is 2.76. The van der Waals surface area contributed by atoms with Crippen LogP contribution >= 0.6 is 0 Å². The zero-order valence-corrected chi connectivity index (χ0v) is 11.1. The number of nitrogens with zero attached hydrogens (tertiary/aromatic N) is 1. The summed E-state index contributed by atoms with van der Waals surface area (Å²) < 4.78 is 0. The summed E-state index contributed by atoms with van der Waals surface area (Å²) in [5.41, 5.74) is 2.73. The molecule has 0 spiro atoms. The minimum atomic E-state index is -0.263. The first-order valence-corrected chi connectivity index (χ1v) is 6.80. The lowest BCUT2D eigenvalue weighted by atomic mass is 9.98. The van der Waals surface area contributed by atoms with Gasteiger partial charge in [-0.1, -0.05) is 17.7 Å². The van der Waals surface area contributed by atoms with Gasteiger partial charge < -0.3 is 10.2 Å². The molecule has 1 aliphatic heterocycles. The summed E-state index contributed by atoms with van der Waals surface area (Å²) in [6, 6.07) is 5.83. The summed E-state index contributed by atoms with van der Waals surface area (Å²) in [6.45, 7) is 5.13. The monoisotopic (exact) mass is 258 g/mol. The van der Waals surface area contributed by atoms with Gasteiger partial charge in [-0.25, -0.2) is 0 Å². The summed E-state index contributed by atoms with van der Waals surface area (Å²) in [5, 5.41) is 3.23. The van der Waals surface area contributed by atoms with Gasteiger partial charge in [-0.3, -0.25) is 9.59 Å². The van der Waals surface area contributed by atoms with Crippen molar-refractivity contribution >= 4 is 11.7 Å². The van der Waals surface area contributed by atoms with Crippen molar-refractivity contribution in [2.24, 2.45) is 0 Å². The van der Waals surface area contributed by atoms with Crippen LogP contribution < -0.4 is 5.32 Å². The van der Waals surface area contributed by atoms with Crippen molar-refractivity contribution in [2.75, 3.05) is 26.2 Å². The molecule has 0 saturated carbocycles. The van der Waals surface area contributed by atoms with Crippen LogP contribution in [0, 0.1) is 6.92 Å². The molecule has 1 aliphatic carbocycles. The molecule has 0 radical (unpaired) electrons. The van der Waals surface area contributed by atoms with E-state index in [1.54, 1.807) is 0 Å². The van der Waals surface area contributed by atoms with Crippen LogP contribution in [-0.2, 0) is 4.79 Å². The molecule has 1 amide bonds. The van der Waals surface area contributed by atoms with E-state index >= 15 is 0 Å². The maximum atomic E-state index is 12.5. The molecule has 0 bridgehead atoms. The minimum Gasteiger partial charge on any atom is -0.340 e. The van der Waals surface area contributed by atoms with E-state index in [1.807, 2.05) is 30.0 Å². The second kappa shape index (κ2) is 4.78. The van der Waals surface area contributed by atoms with Crippen molar-refractivity contribution in [1.82, 2.24) is 10.2 Å². The summed E-state index contributed by atoms with van der Waals surface area (Å²) in [5.74, 6) is -0.0502. The summed E-state index contributed by atoms with van der Waals surface area (Å²) in [6.07, 6.45) is 0.335. The molecule has 1 aromatic rings. The van der Waals surface area contributed by atoms with E-state index in [1.165, 1.54) is 0 Å². The number of aryl methyl sites for hydroxylation is 1. The van der Waals surface area contributed by atoms with Crippen LogP contribution in [-0.4, -0.2) is 42.8 Å². The number of hydrogen-bond donors (Lipinski definition) is 1. The largest absolute Gasteiger partial charge is 0.340 e. The molecule has 4 nitrogen and oxygen atoms in total. The van der Waals surface area contributed by atoms with Gasteiger partial charge in [0.05, 0.1) is 5.92 Å². The lowest BCUT2D eigenvalue weighted by molar-refractivity contribution is -0.133. The molecule has 1 aromatic carbocycles. The Balaban J connectivity index is 1.87. The molecular weight excluding hydrogens is 240 g/mol. The van der Waals surface area contributed by atoms with Crippen molar-refractivity contribution in [1.29, 1.82) is 0 Å². The molecular formula is C15H18N2O2. The van der Waals surface area contributed by atoms with Crippen LogP contribution in [0.5, 0.6) is 0 Å². The first-order valence-electron chi connectivity index (χ1n) is 6.80. The molecule has 3 rings (SSSR count). The first-order chi connectivity index (χ1) is 9.16. The lowest BCUT2D eigenvalue weighted by Gasteiger charge is -2.29. The summed E-state index contributed by atoms with van der Waals surface area (Å²) in [4.78, 5) is 26.5. The molecule has 1 heterocycles. The van der Waals surface area contributed by atoms with Crippen LogP contribution in [0.15, 0.2) is 18.2 Å². The van der Waals surface area contributed by atoms with Crippen LogP contribution in [0.2, 0.25) is 0 Å². The van der Waals surface area contributed by atoms with Gasteiger partial charge in [0.15, 0.2) is 5.78 Å². The number of ketones is 1. The fraction of sp³-hybridized carbons (Fsp3) is 0.467. The Morgan fingerprint density at radius 3 is 2.79 bits per heavy atom. The average molecular weight is 258 g/mol. The third-order valence-electron chi connectivity index (χ3n) is 4.00. The molecule has 2 aliphatic rings. The normalized spacial score (nSPS) is 22.5. The van der Waals surface area contributed by atoms with Crippen LogP contribution in [0.25, 0.3) is 0 Å². The SMILES string of the molecule is Cc1ccc2c(c1)C(=O)CC2C(=O)N1CCNCC1. The van der Waals surface area contributed by atoms with Gasteiger partial charge in [-0.15, -0.1) is 0 Å². The predicted molar refractivity (Wildman–Crippen MR) is 72.3 cm³/mol. The zero-order chi connectivity index (χ0) is 13.4. The summed E-state index contributed by atoms with van der Waals surface area (Å²) in [7, 11) is 0. The Hall–Kier alpha value is -1.68. The van der Waals surface area contributed by atoms with E-state index in [2.05, 4.69) is 5.32 Å². The van der Waals surface area contributed by atoms with Gasteiger partial charge in [0.1, 0.15) is 0 Å². The highest BCUT2D eigenvalue weighted by molar-refractivity contribution is 6.06. The maximum absolute atomic E-state index is 12.5. The fourth-order valence-electron chi connectivity index (χ4n) is 2.95. The Kier molecular flexibility index (Phi) is 3.11. The smallest absolute Gasteiger partial charge is 0.230 e. The molecule has 0 aromatic heterocycles. The van der Waals surface area contributed by atoms with Crippen LogP contribution in [0.1, 0.15) is 33.8 Å². The number of carbonyl (C=O) groups excluding carboxylic acids is 2. The van der Waals surface area contributed by atoms with Crippen molar-refractivity contribution in [3.8, 4) is 0 Å². The quantitative estimate of drug-likeness (QED) is 0.820. The number of amides is 1. The number of piperazine rings is 1. The van der Waals surface area contributed by atoms with Crippen molar-refractivity contribution < 1.29 is 9.59 Å². The predicted octanol–water partition coefficient (Wildman–Crippen LogP) is 1.10. The molecule has 1 N–H and O–H groups in total. The minimum absolute atomic E-state index is 0.104. The fourth-order valence-corrected chi connectivity index (χ4v) is 2.95. The van der Waals surface area contributed by atoms with Gasteiger partial charge in [0.2, 0.25) is 5.91 Å². The van der Waals surface area contributed by atoms with Gasteiger partial charge in [-0.05, 0) is 18.6 Å². The van der Waals surface area contributed by atoms with Gasteiger partial charge >= 0.3 is 0 Å². The lowest BCUT2D eigenvalue weighted by Crippen LogP contribution is -2.47. The highest BCUT2D eigenvalue weighted by atomic mass is 16.2. The second-order valence-corrected chi connectivity index (χ2v) is 5.35. The van der Waals surface area contributed by atoms with E-state index in [4.69, 9.17) is 0 Å². The molecule has 1 fully saturated rings. The molecule has 19 heavy (non-hydrogen) atoms. The number of Topliss-reactive ketones (excluding diaryl/α,β-unsaturated/α-hetero) is 1. The van der Waals surface area contributed by atoms with Crippen molar-refractivity contribution in [2.45, 2.75) is 19.3 Å². The molecule has 1 atom stereocenters. The van der Waals surface area contributed by atoms with Crippen molar-refractivity contribution in [3.05, 3.63) is 34.9 Å². The van der Waals surface area contributed by atoms with Crippen molar-refractivity contribution in [3.63, 3.8) is 0 Å². The third-order valence-corrected chi connectivity index (χ3v) is 4.00. The van der Waals surface area contributed by atoms with E-state index in [0.717, 1.165) is 42.9 Å². The van der Waals surface area contributed by atoms with Gasteiger partial charge in [0.25, 0.3) is 0 Å². The van der Waals surface area contributed by atoms with E-state index in [-0.39, 0.29) is 17.6 Å². The highest BCUT2D eigenvalue weighted by Gasteiger charge is 2.36. The zero-order valence-electron chi connectivity index (χ0n) is 11.1. The second-order valence-electron chi connectivity index (χ2n) is 5.35. The first kappa shape index (κ1) is 12.4. The van der Waals surface area contributed by atoms with Crippen LogP contribution in [0.4, 0.5) is 0 Å². The number of hydrogen-bond acceptors (Lipinski definition) is 3. The number of fused-ring (bicyclic) bond motifs is 1. The number of nitrogens with one attached hydrogen (secondary N) is 1. The van der Waals surface area contributed by atoms with Gasteiger partial charge in [-0.2, -0.15) is 0 Å². The molecule has 1 saturated heterocycles. The maximum Gasteiger partial charge on any atom is 0.230 e. The van der Waals surface area contributed by atoms with Gasteiger partial charge in [0, 0.05) is 38.2 Å². The van der Waals surface area contributed by atoms with E-state index in [0.29, 0.717) is 6.42 Å². The Morgan fingerprint density at radius 1 is 1.32 bits per heavy atom. The molecule has 100 valence electrons. The standard InChI is InChI=1S/C15H18N2O2/c1-10-2-3-11-12(8-10)14(18)9-13(11)15(19)17-6-4-16-5-7-17/h2-3,8,13,16H,4-7,9H2,1H3. The Bertz CT molecular complexity index is 533. The van der Waals surface area contributed by atoms with E-state index in [9.17, 15) is 9.59 Å². The molecule has 4 heteroatoms. The molecule has 1 unspecified atom stereocenters.